The monoisotopic (exact) mass is 143 g/mol. The summed E-state index contributed by atoms with van der Waals surface area (Å²) in [4.78, 5) is 0. The van der Waals surface area contributed by atoms with Crippen LogP contribution < -0.4 is 5.32 Å². The summed E-state index contributed by atoms with van der Waals surface area (Å²) in [6, 6.07) is 0.578. The van der Waals surface area contributed by atoms with E-state index in [1.807, 2.05) is 6.92 Å². The Hall–Kier alpha value is -0.0800. The lowest BCUT2D eigenvalue weighted by molar-refractivity contribution is 0.160. The maximum Gasteiger partial charge on any atom is 0.0526 e. The van der Waals surface area contributed by atoms with Crippen LogP contribution in [0.5, 0.6) is 0 Å². The second-order valence-corrected chi connectivity index (χ2v) is 3.23. The van der Waals surface area contributed by atoms with Gasteiger partial charge in [0.2, 0.25) is 0 Å². The molecular formula is C8H17NO. The molecule has 0 aromatic heterocycles. The van der Waals surface area contributed by atoms with Crippen molar-refractivity contribution in [2.45, 2.75) is 44.8 Å². The molecule has 2 N–H and O–H groups in total. The molecule has 1 heterocycles. The van der Waals surface area contributed by atoms with E-state index >= 15 is 0 Å². The first-order valence-corrected chi connectivity index (χ1v) is 4.20. The lowest BCUT2D eigenvalue weighted by atomic mass is 10.00. The van der Waals surface area contributed by atoms with Crippen molar-refractivity contribution in [1.29, 1.82) is 0 Å². The molecular weight excluding hydrogens is 126 g/mol. The fraction of sp³-hybridized carbons (Fsp3) is 1.00. The lowest BCUT2D eigenvalue weighted by Gasteiger charge is -2.24. The average molecular weight is 143 g/mol. The van der Waals surface area contributed by atoms with Crippen LogP contribution >= 0.6 is 0 Å². The minimum Gasteiger partial charge on any atom is -0.393 e. The molecule has 1 rings (SSSR count). The number of hydrogen-bond donors (Lipinski definition) is 2. The van der Waals surface area contributed by atoms with E-state index in [9.17, 15) is 0 Å². The van der Waals surface area contributed by atoms with Crippen molar-refractivity contribution in [1.82, 2.24) is 5.32 Å². The van der Waals surface area contributed by atoms with Gasteiger partial charge in [-0.2, -0.15) is 0 Å². The number of rotatable bonds is 2. The molecule has 0 aromatic rings. The molecule has 1 fully saturated rings. The van der Waals surface area contributed by atoms with Gasteiger partial charge < -0.3 is 10.4 Å². The largest absolute Gasteiger partial charge is 0.393 e. The molecule has 0 radical (unpaired) electrons. The summed E-state index contributed by atoms with van der Waals surface area (Å²) in [6.45, 7) is 2.99. The van der Waals surface area contributed by atoms with Crippen molar-refractivity contribution in [3.63, 3.8) is 0 Å². The molecule has 1 aliphatic heterocycles. The molecule has 10 heavy (non-hydrogen) atoms. The van der Waals surface area contributed by atoms with Crippen LogP contribution in [0.2, 0.25) is 0 Å². The molecule has 0 bridgehead atoms. The van der Waals surface area contributed by atoms with Gasteiger partial charge in [-0.25, -0.2) is 0 Å². The van der Waals surface area contributed by atoms with E-state index in [0.29, 0.717) is 6.04 Å². The number of hydrogen-bond acceptors (Lipinski definition) is 2. The fourth-order valence-electron chi connectivity index (χ4n) is 1.54. The van der Waals surface area contributed by atoms with Crippen LogP contribution in [-0.4, -0.2) is 23.8 Å². The Labute approximate surface area is 62.6 Å². The Morgan fingerprint density at radius 3 is 2.90 bits per heavy atom. The number of aliphatic hydroxyl groups excluding tert-OH is 1. The first-order chi connectivity index (χ1) is 4.79. The van der Waals surface area contributed by atoms with Crippen LogP contribution in [0.3, 0.4) is 0 Å². The number of aliphatic hydroxyl groups is 1. The topological polar surface area (TPSA) is 32.3 Å². The van der Waals surface area contributed by atoms with Crippen LogP contribution in [0.1, 0.15) is 32.6 Å². The Morgan fingerprint density at radius 1 is 1.60 bits per heavy atom. The summed E-state index contributed by atoms with van der Waals surface area (Å²) in [5, 5.41) is 12.5. The number of nitrogens with one attached hydrogen (secondary N) is 1. The Bertz CT molecular complexity index is 87.3. The summed E-state index contributed by atoms with van der Waals surface area (Å²) >= 11 is 0. The first-order valence-electron chi connectivity index (χ1n) is 4.20. The molecule has 2 nitrogen and oxygen atoms in total. The Morgan fingerprint density at radius 2 is 2.40 bits per heavy atom. The van der Waals surface area contributed by atoms with E-state index in [0.717, 1.165) is 13.0 Å². The number of piperidine rings is 1. The van der Waals surface area contributed by atoms with Crippen LogP contribution in [0.4, 0.5) is 0 Å². The summed E-state index contributed by atoms with van der Waals surface area (Å²) in [5.74, 6) is 0. The third kappa shape index (κ3) is 2.67. The van der Waals surface area contributed by atoms with Gasteiger partial charge in [0.15, 0.2) is 0 Å². The molecule has 1 aliphatic rings. The van der Waals surface area contributed by atoms with Crippen molar-refractivity contribution in [3.05, 3.63) is 0 Å². The highest BCUT2D eigenvalue weighted by Crippen LogP contribution is 2.11. The molecule has 2 heteroatoms. The fourth-order valence-corrected chi connectivity index (χ4v) is 1.54. The van der Waals surface area contributed by atoms with Crippen molar-refractivity contribution < 1.29 is 5.11 Å². The molecule has 2 atom stereocenters. The summed E-state index contributed by atoms with van der Waals surface area (Å²) in [5.41, 5.74) is 0. The summed E-state index contributed by atoms with van der Waals surface area (Å²) in [7, 11) is 0. The van der Waals surface area contributed by atoms with Gasteiger partial charge in [0.05, 0.1) is 6.10 Å². The van der Waals surface area contributed by atoms with E-state index < -0.39 is 0 Å². The molecule has 60 valence electrons. The van der Waals surface area contributed by atoms with Gasteiger partial charge in [-0.1, -0.05) is 6.42 Å². The maximum absolute atomic E-state index is 9.06. The summed E-state index contributed by atoms with van der Waals surface area (Å²) in [6.07, 6.45) is 4.64. The van der Waals surface area contributed by atoms with E-state index in [1.165, 1.54) is 19.3 Å². The predicted octanol–water partition coefficient (Wildman–Crippen LogP) is 0.899. The van der Waals surface area contributed by atoms with Gasteiger partial charge in [0.1, 0.15) is 0 Å². The van der Waals surface area contributed by atoms with Crippen molar-refractivity contribution in [2.24, 2.45) is 0 Å². The van der Waals surface area contributed by atoms with Gasteiger partial charge in [-0.15, -0.1) is 0 Å². The Kier molecular flexibility index (Phi) is 3.16. The maximum atomic E-state index is 9.06. The van der Waals surface area contributed by atoms with E-state index in [2.05, 4.69) is 5.32 Å². The van der Waals surface area contributed by atoms with Gasteiger partial charge >= 0.3 is 0 Å². The van der Waals surface area contributed by atoms with Crippen LogP contribution in [-0.2, 0) is 0 Å². The molecule has 0 aromatic carbocycles. The second kappa shape index (κ2) is 3.94. The highest BCUT2D eigenvalue weighted by molar-refractivity contribution is 4.73. The van der Waals surface area contributed by atoms with E-state index in [4.69, 9.17) is 5.11 Å². The SMILES string of the molecule is CC(O)C[C@@H]1CCCCN1. The highest BCUT2D eigenvalue weighted by Gasteiger charge is 2.13. The minimum absolute atomic E-state index is 0.143. The Balaban J connectivity index is 2.13. The zero-order valence-corrected chi connectivity index (χ0v) is 6.64. The molecule has 0 spiro atoms. The molecule has 0 saturated carbocycles. The van der Waals surface area contributed by atoms with Crippen molar-refractivity contribution in [3.8, 4) is 0 Å². The lowest BCUT2D eigenvalue weighted by Crippen LogP contribution is -2.36. The smallest absolute Gasteiger partial charge is 0.0526 e. The van der Waals surface area contributed by atoms with Gasteiger partial charge in [0, 0.05) is 6.04 Å². The van der Waals surface area contributed by atoms with Crippen molar-refractivity contribution in [2.75, 3.05) is 6.54 Å². The third-order valence-electron chi connectivity index (χ3n) is 2.04. The summed E-state index contributed by atoms with van der Waals surface area (Å²) < 4.78 is 0. The highest BCUT2D eigenvalue weighted by atomic mass is 16.3. The predicted molar refractivity (Wildman–Crippen MR) is 41.9 cm³/mol. The van der Waals surface area contributed by atoms with Crippen molar-refractivity contribution >= 4 is 0 Å². The zero-order valence-electron chi connectivity index (χ0n) is 6.64. The van der Waals surface area contributed by atoms with Gasteiger partial charge in [-0.05, 0) is 32.7 Å². The van der Waals surface area contributed by atoms with Crippen LogP contribution in [0.25, 0.3) is 0 Å². The molecule has 1 saturated heterocycles. The van der Waals surface area contributed by atoms with Crippen LogP contribution in [0, 0.1) is 0 Å². The third-order valence-corrected chi connectivity index (χ3v) is 2.04. The minimum atomic E-state index is -0.143. The zero-order chi connectivity index (χ0) is 7.40. The van der Waals surface area contributed by atoms with E-state index in [-0.39, 0.29) is 6.10 Å². The second-order valence-electron chi connectivity index (χ2n) is 3.23. The van der Waals surface area contributed by atoms with Gasteiger partial charge in [-0.3, -0.25) is 0 Å². The quantitative estimate of drug-likeness (QED) is 0.602. The molecule has 0 aliphatic carbocycles. The molecule has 0 amide bonds. The normalized spacial score (nSPS) is 30.0. The van der Waals surface area contributed by atoms with Gasteiger partial charge in [0.25, 0.3) is 0 Å². The standard InChI is InChI=1S/C8H17NO/c1-7(10)6-8-4-2-3-5-9-8/h7-10H,2-6H2,1H3/t7?,8-/m0/s1. The first kappa shape index (κ1) is 8.02. The van der Waals surface area contributed by atoms with E-state index in [1.54, 1.807) is 0 Å². The van der Waals surface area contributed by atoms with Crippen LogP contribution in [0.15, 0.2) is 0 Å². The average Bonchev–Trinajstić information content (AvgIpc) is 1.88. The molecule has 1 unspecified atom stereocenters.